The van der Waals surface area contributed by atoms with Gasteiger partial charge < -0.3 is 10.6 Å². The molecule has 1 aliphatic heterocycles. The molecule has 0 aliphatic carbocycles. The van der Waals surface area contributed by atoms with Crippen molar-refractivity contribution in [2.24, 2.45) is 10.9 Å². The van der Waals surface area contributed by atoms with Crippen molar-refractivity contribution in [1.29, 1.82) is 0 Å². The van der Waals surface area contributed by atoms with E-state index in [9.17, 15) is 0 Å². The van der Waals surface area contributed by atoms with Crippen molar-refractivity contribution < 1.29 is 0 Å². The second-order valence-corrected chi connectivity index (χ2v) is 7.91. The fraction of sp³-hybridized carbons (Fsp3) is 0.765. The summed E-state index contributed by atoms with van der Waals surface area (Å²) in [5.41, 5.74) is 0. The summed E-state index contributed by atoms with van der Waals surface area (Å²) in [4.78, 5) is 12.6. The summed E-state index contributed by atoms with van der Waals surface area (Å²) in [6, 6.07) is 0.540. The highest BCUT2D eigenvalue weighted by atomic mass is 32.1. The van der Waals surface area contributed by atoms with E-state index in [-0.39, 0.29) is 0 Å². The molecule has 130 valence electrons. The summed E-state index contributed by atoms with van der Waals surface area (Å²) >= 11 is 1.77. The van der Waals surface area contributed by atoms with Gasteiger partial charge in [0.2, 0.25) is 0 Å². The SMILES string of the molecule is CN=C(NCCc1ncc(C)s1)NCC(C)N1CCCC(C)C1. The van der Waals surface area contributed by atoms with Crippen LogP contribution in [0.4, 0.5) is 0 Å². The number of guanidine groups is 1. The van der Waals surface area contributed by atoms with E-state index in [1.807, 2.05) is 13.2 Å². The zero-order valence-electron chi connectivity index (χ0n) is 14.9. The maximum atomic E-state index is 4.39. The number of piperidine rings is 1. The van der Waals surface area contributed by atoms with E-state index >= 15 is 0 Å². The lowest BCUT2D eigenvalue weighted by Crippen LogP contribution is -2.48. The molecule has 2 N–H and O–H groups in total. The maximum Gasteiger partial charge on any atom is 0.191 e. The van der Waals surface area contributed by atoms with Gasteiger partial charge in [-0.3, -0.25) is 9.89 Å². The predicted molar refractivity (Wildman–Crippen MR) is 99.4 cm³/mol. The van der Waals surface area contributed by atoms with Crippen molar-refractivity contribution in [1.82, 2.24) is 20.5 Å². The van der Waals surface area contributed by atoms with Crippen molar-refractivity contribution in [3.63, 3.8) is 0 Å². The number of rotatable bonds is 6. The van der Waals surface area contributed by atoms with E-state index in [0.717, 1.165) is 31.4 Å². The Balaban J connectivity index is 1.67. The van der Waals surface area contributed by atoms with Crippen LogP contribution in [0.5, 0.6) is 0 Å². The number of aryl methyl sites for hydroxylation is 1. The molecule has 0 saturated carbocycles. The molecule has 5 nitrogen and oxygen atoms in total. The number of hydrogen-bond acceptors (Lipinski definition) is 4. The summed E-state index contributed by atoms with van der Waals surface area (Å²) in [7, 11) is 1.83. The van der Waals surface area contributed by atoms with Gasteiger partial charge in [-0.15, -0.1) is 11.3 Å². The highest BCUT2D eigenvalue weighted by Crippen LogP contribution is 2.17. The zero-order chi connectivity index (χ0) is 16.7. The zero-order valence-corrected chi connectivity index (χ0v) is 15.7. The third-order valence-electron chi connectivity index (χ3n) is 4.40. The van der Waals surface area contributed by atoms with Gasteiger partial charge in [0.25, 0.3) is 0 Å². The Morgan fingerprint density at radius 3 is 3.00 bits per heavy atom. The van der Waals surface area contributed by atoms with Gasteiger partial charge in [-0.05, 0) is 39.2 Å². The van der Waals surface area contributed by atoms with E-state index in [0.29, 0.717) is 6.04 Å². The van der Waals surface area contributed by atoms with Gasteiger partial charge in [0, 0.05) is 50.2 Å². The van der Waals surface area contributed by atoms with Crippen LogP contribution in [-0.4, -0.2) is 55.1 Å². The number of likely N-dealkylation sites (tertiary alicyclic amines) is 1. The van der Waals surface area contributed by atoms with Gasteiger partial charge in [-0.25, -0.2) is 4.98 Å². The Kier molecular flexibility index (Phi) is 7.30. The molecule has 23 heavy (non-hydrogen) atoms. The standard InChI is InChI=1S/C17H31N5S/c1-13-6-5-9-22(12-13)14(2)10-21-17(18-4)19-8-7-16-20-11-15(3)23-16/h11,13-14H,5-10,12H2,1-4H3,(H2,18,19,21). The number of nitrogens with one attached hydrogen (secondary N) is 2. The summed E-state index contributed by atoms with van der Waals surface area (Å²) in [5, 5.41) is 8.02. The minimum atomic E-state index is 0.540. The van der Waals surface area contributed by atoms with E-state index in [1.165, 1.54) is 35.8 Å². The van der Waals surface area contributed by atoms with Crippen LogP contribution in [0.25, 0.3) is 0 Å². The Labute approximate surface area is 144 Å². The maximum absolute atomic E-state index is 4.39. The van der Waals surface area contributed by atoms with Crippen molar-refractivity contribution in [3.05, 3.63) is 16.1 Å². The van der Waals surface area contributed by atoms with Gasteiger partial charge in [0.1, 0.15) is 0 Å². The molecule has 1 fully saturated rings. The lowest BCUT2D eigenvalue weighted by molar-refractivity contribution is 0.139. The fourth-order valence-electron chi connectivity index (χ4n) is 3.03. The quantitative estimate of drug-likeness (QED) is 0.618. The molecule has 0 radical (unpaired) electrons. The van der Waals surface area contributed by atoms with E-state index in [2.05, 4.69) is 46.3 Å². The molecule has 2 heterocycles. The second kappa shape index (κ2) is 9.23. The van der Waals surface area contributed by atoms with Gasteiger partial charge in [-0.1, -0.05) is 6.92 Å². The van der Waals surface area contributed by atoms with Crippen LogP contribution in [0.1, 0.15) is 36.6 Å². The number of hydrogen-bond donors (Lipinski definition) is 2. The average Bonchev–Trinajstić information content (AvgIpc) is 2.95. The van der Waals surface area contributed by atoms with Gasteiger partial charge >= 0.3 is 0 Å². The van der Waals surface area contributed by atoms with Crippen LogP contribution in [-0.2, 0) is 6.42 Å². The molecule has 2 rings (SSSR count). The number of nitrogens with zero attached hydrogens (tertiary/aromatic N) is 3. The Morgan fingerprint density at radius 1 is 1.52 bits per heavy atom. The van der Waals surface area contributed by atoms with Crippen LogP contribution in [0.2, 0.25) is 0 Å². The molecule has 2 unspecified atom stereocenters. The molecule has 1 aliphatic rings. The monoisotopic (exact) mass is 337 g/mol. The first-order chi connectivity index (χ1) is 11.1. The van der Waals surface area contributed by atoms with Gasteiger partial charge in [0.05, 0.1) is 5.01 Å². The second-order valence-electron chi connectivity index (χ2n) is 6.59. The third-order valence-corrected chi connectivity index (χ3v) is 5.37. The van der Waals surface area contributed by atoms with Crippen LogP contribution >= 0.6 is 11.3 Å². The van der Waals surface area contributed by atoms with Crippen LogP contribution in [0.3, 0.4) is 0 Å². The highest BCUT2D eigenvalue weighted by Gasteiger charge is 2.20. The topological polar surface area (TPSA) is 52.6 Å². The average molecular weight is 338 g/mol. The van der Waals surface area contributed by atoms with E-state index in [4.69, 9.17) is 0 Å². The lowest BCUT2D eigenvalue weighted by Gasteiger charge is -2.35. The van der Waals surface area contributed by atoms with Crippen molar-refractivity contribution >= 4 is 17.3 Å². The van der Waals surface area contributed by atoms with E-state index in [1.54, 1.807) is 11.3 Å². The first-order valence-corrected chi connectivity index (χ1v) is 9.50. The lowest BCUT2D eigenvalue weighted by atomic mass is 9.99. The smallest absolute Gasteiger partial charge is 0.191 e. The summed E-state index contributed by atoms with van der Waals surface area (Å²) in [5.74, 6) is 1.71. The van der Waals surface area contributed by atoms with E-state index < -0.39 is 0 Å². The molecule has 0 bridgehead atoms. The van der Waals surface area contributed by atoms with Crippen LogP contribution < -0.4 is 10.6 Å². The normalized spacial score (nSPS) is 21.2. The third kappa shape index (κ3) is 6.11. The Morgan fingerprint density at radius 2 is 2.35 bits per heavy atom. The molecular formula is C17H31N5S. The summed E-state index contributed by atoms with van der Waals surface area (Å²) in [6.07, 6.45) is 5.58. The van der Waals surface area contributed by atoms with Crippen molar-refractivity contribution in [2.75, 3.05) is 33.2 Å². The van der Waals surface area contributed by atoms with Crippen LogP contribution in [0.15, 0.2) is 11.2 Å². The molecular weight excluding hydrogens is 306 g/mol. The minimum absolute atomic E-state index is 0.540. The Bertz CT molecular complexity index is 499. The van der Waals surface area contributed by atoms with Gasteiger partial charge in [-0.2, -0.15) is 0 Å². The molecule has 0 amide bonds. The Hall–Kier alpha value is -1.14. The summed E-state index contributed by atoms with van der Waals surface area (Å²) in [6.45, 7) is 11.0. The fourth-order valence-corrected chi connectivity index (χ4v) is 3.81. The molecule has 1 aromatic rings. The molecule has 0 spiro atoms. The molecule has 2 atom stereocenters. The first-order valence-electron chi connectivity index (χ1n) is 8.68. The number of aliphatic imine (C=N–C) groups is 1. The molecule has 1 aromatic heterocycles. The first kappa shape index (κ1) is 18.2. The number of thiazole rings is 1. The highest BCUT2D eigenvalue weighted by molar-refractivity contribution is 7.11. The van der Waals surface area contributed by atoms with Crippen molar-refractivity contribution in [2.45, 2.75) is 46.1 Å². The molecule has 1 saturated heterocycles. The van der Waals surface area contributed by atoms with Gasteiger partial charge in [0.15, 0.2) is 5.96 Å². The summed E-state index contributed by atoms with van der Waals surface area (Å²) < 4.78 is 0. The molecule has 0 aromatic carbocycles. The minimum Gasteiger partial charge on any atom is -0.356 e. The molecule has 6 heteroatoms. The number of aromatic nitrogens is 1. The van der Waals surface area contributed by atoms with Crippen molar-refractivity contribution in [3.8, 4) is 0 Å². The largest absolute Gasteiger partial charge is 0.356 e. The predicted octanol–water partition coefficient (Wildman–Crippen LogP) is 2.28. The van der Waals surface area contributed by atoms with Crippen LogP contribution in [0, 0.1) is 12.8 Å².